The first-order valence-corrected chi connectivity index (χ1v) is 6.96. The summed E-state index contributed by atoms with van der Waals surface area (Å²) in [5, 5.41) is 0. The molecular weight excluding hydrogens is 198 g/mol. The number of nitrogens with two attached hydrogens (primary N) is 1. The van der Waals surface area contributed by atoms with Crippen molar-refractivity contribution in [3.63, 3.8) is 0 Å². The third-order valence-corrected chi connectivity index (χ3v) is 4.50. The first-order chi connectivity index (χ1) is 6.75. The van der Waals surface area contributed by atoms with Gasteiger partial charge in [0.2, 0.25) is 0 Å². The predicted octanol–water partition coefficient (Wildman–Crippen LogP) is 0.651. The lowest BCUT2D eigenvalue weighted by molar-refractivity contribution is 0.128. The van der Waals surface area contributed by atoms with Crippen molar-refractivity contribution in [2.24, 2.45) is 11.7 Å². The van der Waals surface area contributed by atoms with Gasteiger partial charge in [-0.1, -0.05) is 0 Å². The van der Waals surface area contributed by atoms with Crippen LogP contribution >= 0.6 is 0 Å². The van der Waals surface area contributed by atoms with E-state index >= 15 is 0 Å². The van der Waals surface area contributed by atoms with Crippen molar-refractivity contribution in [3.05, 3.63) is 0 Å². The van der Waals surface area contributed by atoms with Crippen LogP contribution < -0.4 is 5.73 Å². The standard InChI is InChI=1S/C10H19NO2S/c11-10(8-3-4-8)7-14(12)6-9-2-1-5-13-9/h8-10H,1-7,11H2. The van der Waals surface area contributed by atoms with Gasteiger partial charge in [-0.2, -0.15) is 0 Å². The molecule has 0 radical (unpaired) electrons. The summed E-state index contributed by atoms with van der Waals surface area (Å²) in [4.78, 5) is 0. The van der Waals surface area contributed by atoms with E-state index in [0.29, 0.717) is 17.4 Å². The van der Waals surface area contributed by atoms with Crippen molar-refractivity contribution in [2.75, 3.05) is 18.1 Å². The van der Waals surface area contributed by atoms with E-state index < -0.39 is 10.8 Å². The molecule has 82 valence electrons. The van der Waals surface area contributed by atoms with Crippen LogP contribution in [0.1, 0.15) is 25.7 Å². The molecule has 0 aromatic carbocycles. The van der Waals surface area contributed by atoms with Crippen LogP contribution in [0.3, 0.4) is 0 Å². The third kappa shape index (κ3) is 3.04. The number of rotatable bonds is 5. The zero-order valence-electron chi connectivity index (χ0n) is 8.48. The Morgan fingerprint density at radius 3 is 2.79 bits per heavy atom. The molecule has 1 saturated carbocycles. The Kier molecular flexibility index (Phi) is 3.57. The summed E-state index contributed by atoms with van der Waals surface area (Å²) >= 11 is 0. The van der Waals surface area contributed by atoms with E-state index in [2.05, 4.69) is 0 Å². The van der Waals surface area contributed by atoms with Crippen molar-refractivity contribution in [1.29, 1.82) is 0 Å². The largest absolute Gasteiger partial charge is 0.377 e. The molecule has 2 rings (SSSR count). The Bertz CT molecular complexity index is 206. The molecule has 4 heteroatoms. The highest BCUT2D eigenvalue weighted by Crippen LogP contribution is 2.31. The summed E-state index contributed by atoms with van der Waals surface area (Å²) in [5.74, 6) is 2.02. The van der Waals surface area contributed by atoms with Crippen LogP contribution in [0.4, 0.5) is 0 Å². The molecule has 1 aliphatic carbocycles. The molecule has 0 aromatic heterocycles. The third-order valence-electron chi connectivity index (χ3n) is 3.00. The lowest BCUT2D eigenvalue weighted by atomic mass is 10.2. The first-order valence-electron chi connectivity index (χ1n) is 5.48. The molecule has 2 aliphatic rings. The van der Waals surface area contributed by atoms with Crippen LogP contribution in [-0.4, -0.2) is 34.5 Å². The van der Waals surface area contributed by atoms with Crippen molar-refractivity contribution in [2.45, 2.75) is 37.8 Å². The van der Waals surface area contributed by atoms with Gasteiger partial charge in [-0.25, -0.2) is 0 Å². The molecule has 3 unspecified atom stereocenters. The Labute approximate surface area is 87.8 Å². The summed E-state index contributed by atoms with van der Waals surface area (Å²) in [6.07, 6.45) is 4.90. The average molecular weight is 217 g/mol. The van der Waals surface area contributed by atoms with Crippen LogP contribution in [-0.2, 0) is 15.5 Å². The molecule has 3 atom stereocenters. The maximum absolute atomic E-state index is 11.7. The van der Waals surface area contributed by atoms with Gasteiger partial charge in [0, 0.05) is 35.0 Å². The minimum absolute atomic E-state index is 0.164. The van der Waals surface area contributed by atoms with E-state index in [1.807, 2.05) is 0 Å². The molecule has 2 fully saturated rings. The van der Waals surface area contributed by atoms with E-state index in [4.69, 9.17) is 10.5 Å². The highest BCUT2D eigenvalue weighted by atomic mass is 32.2. The van der Waals surface area contributed by atoms with Crippen LogP contribution in [0.2, 0.25) is 0 Å². The van der Waals surface area contributed by atoms with E-state index in [1.54, 1.807) is 0 Å². The van der Waals surface area contributed by atoms with Gasteiger partial charge < -0.3 is 10.5 Å². The lowest BCUT2D eigenvalue weighted by Gasteiger charge is -2.12. The molecule has 2 N–H and O–H groups in total. The van der Waals surface area contributed by atoms with Crippen LogP contribution in [0.25, 0.3) is 0 Å². The number of hydrogen-bond acceptors (Lipinski definition) is 3. The van der Waals surface area contributed by atoms with Gasteiger partial charge in [0.05, 0.1) is 6.10 Å². The van der Waals surface area contributed by atoms with Gasteiger partial charge in [-0.3, -0.25) is 4.21 Å². The molecule has 0 amide bonds. The zero-order chi connectivity index (χ0) is 9.97. The Balaban J connectivity index is 1.66. The van der Waals surface area contributed by atoms with E-state index in [0.717, 1.165) is 19.4 Å². The molecule has 0 spiro atoms. The minimum Gasteiger partial charge on any atom is -0.377 e. The summed E-state index contributed by atoms with van der Waals surface area (Å²) < 4.78 is 17.1. The van der Waals surface area contributed by atoms with Crippen LogP contribution in [0.5, 0.6) is 0 Å². The minimum atomic E-state index is -0.771. The molecule has 1 saturated heterocycles. The van der Waals surface area contributed by atoms with Crippen molar-refractivity contribution >= 4 is 10.8 Å². The second-order valence-corrected chi connectivity index (χ2v) is 5.96. The van der Waals surface area contributed by atoms with Crippen molar-refractivity contribution < 1.29 is 8.95 Å². The van der Waals surface area contributed by atoms with Gasteiger partial charge in [0.25, 0.3) is 0 Å². The fourth-order valence-electron chi connectivity index (χ4n) is 1.93. The molecule has 3 nitrogen and oxygen atoms in total. The topological polar surface area (TPSA) is 52.3 Å². The van der Waals surface area contributed by atoms with Gasteiger partial charge in [-0.15, -0.1) is 0 Å². The molecule has 14 heavy (non-hydrogen) atoms. The second kappa shape index (κ2) is 4.73. The lowest BCUT2D eigenvalue weighted by Crippen LogP contribution is -2.31. The second-order valence-electron chi connectivity index (χ2n) is 4.41. The van der Waals surface area contributed by atoms with Crippen LogP contribution in [0.15, 0.2) is 0 Å². The Morgan fingerprint density at radius 1 is 1.43 bits per heavy atom. The van der Waals surface area contributed by atoms with E-state index in [-0.39, 0.29) is 12.1 Å². The van der Waals surface area contributed by atoms with Gasteiger partial charge in [0.15, 0.2) is 0 Å². The normalized spacial score (nSPS) is 31.6. The average Bonchev–Trinajstić information content (AvgIpc) is 2.87. The van der Waals surface area contributed by atoms with Crippen LogP contribution in [0, 0.1) is 5.92 Å². The fourth-order valence-corrected chi connectivity index (χ4v) is 3.44. The van der Waals surface area contributed by atoms with Gasteiger partial charge >= 0.3 is 0 Å². The smallest absolute Gasteiger partial charge is 0.0691 e. The quantitative estimate of drug-likeness (QED) is 0.735. The highest BCUT2D eigenvalue weighted by Gasteiger charge is 2.30. The molecular formula is C10H19NO2S. The van der Waals surface area contributed by atoms with E-state index in [9.17, 15) is 4.21 Å². The summed E-state index contributed by atoms with van der Waals surface area (Å²) in [6, 6.07) is 0.164. The summed E-state index contributed by atoms with van der Waals surface area (Å²) in [6.45, 7) is 0.844. The SMILES string of the molecule is NC(CS(=O)CC1CCCO1)C1CC1. The molecule has 1 aliphatic heterocycles. The number of ether oxygens (including phenoxy) is 1. The Morgan fingerprint density at radius 2 is 2.21 bits per heavy atom. The first kappa shape index (κ1) is 10.6. The molecule has 0 aromatic rings. The van der Waals surface area contributed by atoms with E-state index in [1.165, 1.54) is 12.8 Å². The maximum atomic E-state index is 11.7. The molecule has 0 bridgehead atoms. The van der Waals surface area contributed by atoms with Gasteiger partial charge in [0.1, 0.15) is 0 Å². The fraction of sp³-hybridized carbons (Fsp3) is 1.00. The predicted molar refractivity (Wildman–Crippen MR) is 57.5 cm³/mol. The van der Waals surface area contributed by atoms with Gasteiger partial charge in [-0.05, 0) is 31.6 Å². The Hall–Kier alpha value is 0.0700. The maximum Gasteiger partial charge on any atom is 0.0691 e. The highest BCUT2D eigenvalue weighted by molar-refractivity contribution is 7.85. The summed E-state index contributed by atoms with van der Waals surface area (Å²) in [5.41, 5.74) is 5.92. The summed E-state index contributed by atoms with van der Waals surface area (Å²) in [7, 11) is -0.771. The molecule has 1 heterocycles. The van der Waals surface area contributed by atoms with Crippen molar-refractivity contribution in [1.82, 2.24) is 0 Å². The zero-order valence-corrected chi connectivity index (χ0v) is 9.30. The number of hydrogen-bond donors (Lipinski definition) is 1. The monoisotopic (exact) mass is 217 g/mol. The van der Waals surface area contributed by atoms with Crippen molar-refractivity contribution in [3.8, 4) is 0 Å².